The van der Waals surface area contributed by atoms with Gasteiger partial charge in [-0.1, -0.05) is 48.5 Å². The van der Waals surface area contributed by atoms with Gasteiger partial charge in [0.05, 0.1) is 11.4 Å². The van der Waals surface area contributed by atoms with Gasteiger partial charge >= 0.3 is 0 Å². The van der Waals surface area contributed by atoms with Gasteiger partial charge in [0, 0.05) is 0 Å². The van der Waals surface area contributed by atoms with Gasteiger partial charge < -0.3 is 0 Å². The van der Waals surface area contributed by atoms with Gasteiger partial charge in [0.1, 0.15) is 4.62 Å². The van der Waals surface area contributed by atoms with Gasteiger partial charge in [-0.3, -0.25) is 5.43 Å². The molecule has 0 aliphatic carbocycles. The van der Waals surface area contributed by atoms with E-state index in [2.05, 4.69) is 38.6 Å². The summed E-state index contributed by atoms with van der Waals surface area (Å²) in [5, 5.41) is 6.16. The number of anilines is 1. The fraction of sp³-hybridized carbons (Fsp3) is 0. The van der Waals surface area contributed by atoms with Gasteiger partial charge in [-0.15, -0.1) is 5.10 Å². The number of hydrogen-bond donors (Lipinski definition) is 1. The van der Waals surface area contributed by atoms with E-state index < -0.39 is 0 Å². The van der Waals surface area contributed by atoms with Crippen LogP contribution in [-0.4, -0.2) is 4.62 Å². The van der Waals surface area contributed by atoms with Gasteiger partial charge in [0.2, 0.25) is 0 Å². The summed E-state index contributed by atoms with van der Waals surface area (Å²) in [7, 11) is 0. The number of nitrogens with zero attached hydrogens (tertiary/aromatic N) is 2. The van der Waals surface area contributed by atoms with Gasteiger partial charge in [-0.05, 0) is 39.7 Å². The molecule has 0 saturated carbocycles. The quantitative estimate of drug-likeness (QED) is 0.914. The Bertz CT molecular complexity index is 620. The van der Waals surface area contributed by atoms with Crippen molar-refractivity contribution in [2.75, 3.05) is 5.12 Å². The van der Waals surface area contributed by atoms with Crippen molar-refractivity contribution in [3.63, 3.8) is 0 Å². The normalized spacial score (nSPS) is 14.5. The lowest BCUT2D eigenvalue weighted by Gasteiger charge is -2.26. The van der Waals surface area contributed by atoms with Crippen LogP contribution < -0.4 is 10.5 Å². The highest BCUT2D eigenvalue weighted by Gasteiger charge is 2.13. The molecule has 2 aromatic carbocycles. The van der Waals surface area contributed by atoms with Crippen molar-refractivity contribution in [2.24, 2.45) is 5.10 Å². The molecule has 0 spiro atoms. The maximum absolute atomic E-state index is 4.41. The van der Waals surface area contributed by atoms with Crippen molar-refractivity contribution in [2.45, 2.75) is 0 Å². The van der Waals surface area contributed by atoms with Crippen molar-refractivity contribution in [1.82, 2.24) is 5.43 Å². The minimum absolute atomic E-state index is 0.786. The van der Waals surface area contributed by atoms with Gasteiger partial charge in [0.25, 0.3) is 0 Å². The van der Waals surface area contributed by atoms with Crippen LogP contribution >= 0.6 is 15.9 Å². The maximum atomic E-state index is 4.41. The molecule has 0 fully saturated rings. The Kier molecular flexibility index (Phi) is 3.33. The second kappa shape index (κ2) is 5.28. The highest BCUT2D eigenvalue weighted by molar-refractivity contribution is 9.18. The van der Waals surface area contributed by atoms with E-state index in [0.717, 1.165) is 21.6 Å². The fourth-order valence-electron chi connectivity index (χ4n) is 1.87. The lowest BCUT2D eigenvalue weighted by atomic mass is 10.1. The third kappa shape index (κ3) is 2.69. The SMILES string of the molecule is BrC1=NN(c2ccccc2)NC(c2ccccc2)=C1. The van der Waals surface area contributed by atoms with Crippen LogP contribution in [0.5, 0.6) is 0 Å². The molecule has 19 heavy (non-hydrogen) atoms. The molecule has 3 nitrogen and oxygen atoms in total. The van der Waals surface area contributed by atoms with Gasteiger partial charge in [0.15, 0.2) is 0 Å². The van der Waals surface area contributed by atoms with E-state index in [1.165, 1.54) is 0 Å². The van der Waals surface area contributed by atoms with Crippen molar-refractivity contribution in [3.05, 3.63) is 72.3 Å². The van der Waals surface area contributed by atoms with Crippen LogP contribution in [0.25, 0.3) is 5.70 Å². The molecule has 3 rings (SSSR count). The second-order valence-corrected chi connectivity index (χ2v) is 4.92. The molecule has 2 aromatic rings. The predicted molar refractivity (Wildman–Crippen MR) is 82.8 cm³/mol. The molecule has 0 amide bonds. The molecule has 0 saturated heterocycles. The van der Waals surface area contributed by atoms with Crippen LogP contribution in [0, 0.1) is 0 Å². The van der Waals surface area contributed by atoms with Crippen molar-refractivity contribution >= 4 is 31.9 Å². The lowest BCUT2D eigenvalue weighted by molar-refractivity contribution is 0.790. The number of hydrazone groups is 1. The molecule has 0 aromatic heterocycles. The Morgan fingerprint density at radius 1 is 0.895 bits per heavy atom. The van der Waals surface area contributed by atoms with E-state index >= 15 is 0 Å². The van der Waals surface area contributed by atoms with Crippen LogP contribution in [-0.2, 0) is 0 Å². The first-order valence-corrected chi connectivity index (χ1v) is 6.75. The molecule has 1 aliphatic heterocycles. The van der Waals surface area contributed by atoms with E-state index in [1.807, 2.05) is 54.6 Å². The van der Waals surface area contributed by atoms with Gasteiger partial charge in [-0.2, -0.15) is 5.12 Å². The smallest absolute Gasteiger partial charge is 0.130 e. The zero-order valence-electron chi connectivity index (χ0n) is 10.1. The summed E-state index contributed by atoms with van der Waals surface area (Å²) >= 11 is 3.46. The summed E-state index contributed by atoms with van der Waals surface area (Å²) in [6, 6.07) is 20.1. The molecular weight excluding hydrogens is 302 g/mol. The Hall–Kier alpha value is -2.07. The van der Waals surface area contributed by atoms with E-state index in [0.29, 0.717) is 0 Å². The summed E-state index contributed by atoms with van der Waals surface area (Å²) in [6.07, 6.45) is 1.97. The number of halogens is 1. The summed E-state index contributed by atoms with van der Waals surface area (Å²) in [5.74, 6) is 0. The zero-order chi connectivity index (χ0) is 13.1. The van der Waals surface area contributed by atoms with E-state index in [4.69, 9.17) is 0 Å². The first kappa shape index (κ1) is 12.0. The first-order valence-electron chi connectivity index (χ1n) is 5.96. The first-order chi connectivity index (χ1) is 9.33. The summed E-state index contributed by atoms with van der Waals surface area (Å²) in [6.45, 7) is 0. The summed E-state index contributed by atoms with van der Waals surface area (Å²) in [4.78, 5) is 0. The number of hydrogen-bond acceptors (Lipinski definition) is 3. The van der Waals surface area contributed by atoms with Crippen LogP contribution in [0.1, 0.15) is 5.56 Å². The third-order valence-electron chi connectivity index (χ3n) is 2.77. The minimum Gasteiger partial charge on any atom is -0.277 e. The molecule has 0 unspecified atom stereocenters. The number of rotatable bonds is 2. The molecule has 4 heteroatoms. The Morgan fingerprint density at radius 2 is 1.53 bits per heavy atom. The van der Waals surface area contributed by atoms with Crippen molar-refractivity contribution in [3.8, 4) is 0 Å². The van der Waals surface area contributed by atoms with Gasteiger partial charge in [-0.25, -0.2) is 0 Å². The molecule has 0 radical (unpaired) electrons. The molecule has 1 aliphatic rings. The number of nitrogens with one attached hydrogen (secondary N) is 1. The number of hydrazine groups is 1. The molecule has 0 bridgehead atoms. The van der Waals surface area contributed by atoms with Crippen molar-refractivity contribution in [1.29, 1.82) is 0 Å². The Labute approximate surface area is 120 Å². The highest BCUT2D eigenvalue weighted by Crippen LogP contribution is 2.21. The van der Waals surface area contributed by atoms with Crippen LogP contribution in [0.2, 0.25) is 0 Å². The predicted octanol–water partition coefficient (Wildman–Crippen LogP) is 3.76. The van der Waals surface area contributed by atoms with E-state index in [1.54, 1.807) is 5.12 Å². The van der Waals surface area contributed by atoms with E-state index in [9.17, 15) is 0 Å². The van der Waals surface area contributed by atoms with Crippen LogP contribution in [0.3, 0.4) is 0 Å². The monoisotopic (exact) mass is 313 g/mol. The second-order valence-electron chi connectivity index (χ2n) is 4.11. The van der Waals surface area contributed by atoms with Crippen LogP contribution in [0.15, 0.2) is 71.8 Å². The number of benzene rings is 2. The molecular formula is C15H12BrN3. The topological polar surface area (TPSA) is 27.6 Å². The fourth-order valence-corrected chi connectivity index (χ4v) is 2.26. The third-order valence-corrected chi connectivity index (χ3v) is 3.16. The molecule has 1 heterocycles. The maximum Gasteiger partial charge on any atom is 0.130 e. The van der Waals surface area contributed by atoms with E-state index in [-0.39, 0.29) is 0 Å². The van der Waals surface area contributed by atoms with Crippen LogP contribution in [0.4, 0.5) is 5.69 Å². The minimum atomic E-state index is 0.786. The average molecular weight is 314 g/mol. The molecule has 94 valence electrons. The summed E-state index contributed by atoms with van der Waals surface area (Å²) < 4.78 is 0.786. The highest BCUT2D eigenvalue weighted by atomic mass is 79.9. The Morgan fingerprint density at radius 3 is 2.21 bits per heavy atom. The standard InChI is InChI=1S/C15H12BrN3/c16-15-11-14(12-7-3-1-4-8-12)17-19(18-15)13-9-5-2-6-10-13/h1-11,17H. The summed E-state index contributed by atoms with van der Waals surface area (Å²) in [5.41, 5.74) is 6.41. The number of para-hydroxylation sites is 1. The number of allylic oxidation sites excluding steroid dienone is 1. The Balaban J connectivity index is 1.92. The lowest BCUT2D eigenvalue weighted by Crippen LogP contribution is -2.35. The zero-order valence-corrected chi connectivity index (χ0v) is 11.7. The van der Waals surface area contributed by atoms with Crippen molar-refractivity contribution < 1.29 is 0 Å². The largest absolute Gasteiger partial charge is 0.277 e. The average Bonchev–Trinajstić information content (AvgIpc) is 2.48. The molecule has 1 N–H and O–H groups in total. The molecule has 0 atom stereocenters.